The maximum absolute atomic E-state index is 13.4. The van der Waals surface area contributed by atoms with Crippen molar-refractivity contribution in [3.8, 4) is 11.4 Å². The number of nitrogens with zero attached hydrogens (tertiary/aromatic N) is 3. The SMILES string of the molecule is CSc1nc2c(sc(=S)n2-c2ccccc2C)c(=O)n1-c1ccccc1C. The van der Waals surface area contributed by atoms with Gasteiger partial charge in [0, 0.05) is 0 Å². The zero-order valence-electron chi connectivity index (χ0n) is 15.1. The number of fused-ring (bicyclic) bond motifs is 1. The van der Waals surface area contributed by atoms with Gasteiger partial charge in [-0.25, -0.2) is 4.98 Å². The van der Waals surface area contributed by atoms with Crippen LogP contribution in [0.15, 0.2) is 58.5 Å². The van der Waals surface area contributed by atoms with E-state index in [4.69, 9.17) is 17.2 Å². The zero-order chi connectivity index (χ0) is 19.1. The van der Waals surface area contributed by atoms with E-state index in [-0.39, 0.29) is 5.56 Å². The normalized spacial score (nSPS) is 11.2. The molecule has 0 spiro atoms. The maximum atomic E-state index is 13.4. The number of rotatable bonds is 3. The van der Waals surface area contributed by atoms with Crippen LogP contribution in [0.3, 0.4) is 0 Å². The predicted molar refractivity (Wildman–Crippen MR) is 117 cm³/mol. The van der Waals surface area contributed by atoms with Crippen LogP contribution in [0.5, 0.6) is 0 Å². The van der Waals surface area contributed by atoms with E-state index in [1.165, 1.54) is 23.1 Å². The van der Waals surface area contributed by atoms with Crippen LogP contribution in [-0.4, -0.2) is 20.4 Å². The fourth-order valence-corrected chi connectivity index (χ4v) is 4.96. The van der Waals surface area contributed by atoms with Gasteiger partial charge in [-0.3, -0.25) is 13.9 Å². The van der Waals surface area contributed by atoms with E-state index in [2.05, 4.69) is 0 Å². The quantitative estimate of drug-likeness (QED) is 0.260. The summed E-state index contributed by atoms with van der Waals surface area (Å²) in [6, 6.07) is 15.8. The van der Waals surface area contributed by atoms with Crippen molar-refractivity contribution in [2.75, 3.05) is 6.26 Å². The minimum atomic E-state index is -0.0814. The molecule has 2 heterocycles. The second-order valence-electron chi connectivity index (χ2n) is 6.17. The predicted octanol–water partition coefficient (Wildman–Crippen LogP) is 5.31. The van der Waals surface area contributed by atoms with Gasteiger partial charge in [0.2, 0.25) is 0 Å². The highest BCUT2D eigenvalue weighted by Gasteiger charge is 2.19. The molecule has 0 fully saturated rings. The minimum Gasteiger partial charge on any atom is -0.275 e. The maximum Gasteiger partial charge on any atom is 0.278 e. The molecule has 7 heteroatoms. The number of thioether (sulfide) groups is 1. The highest BCUT2D eigenvalue weighted by molar-refractivity contribution is 7.98. The monoisotopic (exact) mass is 411 g/mol. The average molecular weight is 412 g/mol. The van der Waals surface area contributed by atoms with Crippen LogP contribution in [0.4, 0.5) is 0 Å². The van der Waals surface area contributed by atoms with Crippen molar-refractivity contribution in [2.24, 2.45) is 0 Å². The molecule has 2 aromatic heterocycles. The van der Waals surface area contributed by atoms with Crippen molar-refractivity contribution in [3.05, 3.63) is 74.0 Å². The van der Waals surface area contributed by atoms with Gasteiger partial charge in [-0.2, -0.15) is 0 Å². The highest BCUT2D eigenvalue weighted by Crippen LogP contribution is 2.28. The minimum absolute atomic E-state index is 0.0814. The van der Waals surface area contributed by atoms with Crippen LogP contribution < -0.4 is 5.56 Å². The average Bonchev–Trinajstić information content (AvgIpc) is 2.99. The lowest BCUT2D eigenvalue weighted by molar-refractivity contribution is 0.808. The Hall–Kier alpha value is -2.22. The standard InChI is InChI=1S/C20H17N3OS3/c1-12-8-4-6-10-14(12)22-17-16(27-20(22)25)18(24)23(19(21-17)26-3)15-11-7-5-9-13(15)2/h4-11H,1-3H3. The van der Waals surface area contributed by atoms with Crippen LogP contribution in [0, 0.1) is 17.8 Å². The first-order valence-corrected chi connectivity index (χ1v) is 10.8. The molecule has 2 aromatic carbocycles. The molecule has 136 valence electrons. The third-order valence-electron chi connectivity index (χ3n) is 4.47. The van der Waals surface area contributed by atoms with E-state index in [9.17, 15) is 4.79 Å². The Bertz CT molecular complexity index is 1280. The summed E-state index contributed by atoms with van der Waals surface area (Å²) in [5, 5.41) is 0.650. The fourth-order valence-electron chi connectivity index (χ4n) is 3.13. The first-order valence-electron chi connectivity index (χ1n) is 8.37. The van der Waals surface area contributed by atoms with Crippen molar-refractivity contribution in [2.45, 2.75) is 19.0 Å². The highest BCUT2D eigenvalue weighted by atomic mass is 32.2. The smallest absolute Gasteiger partial charge is 0.275 e. The molecule has 0 saturated heterocycles. The Morgan fingerprint density at radius 3 is 2.07 bits per heavy atom. The van der Waals surface area contributed by atoms with Gasteiger partial charge in [0.05, 0.1) is 11.4 Å². The summed E-state index contributed by atoms with van der Waals surface area (Å²) in [5.41, 5.74) is 4.46. The Labute approximate surface area is 170 Å². The van der Waals surface area contributed by atoms with Gasteiger partial charge in [-0.05, 0) is 55.6 Å². The number of para-hydroxylation sites is 2. The van der Waals surface area contributed by atoms with E-state index in [0.717, 1.165) is 22.5 Å². The summed E-state index contributed by atoms with van der Waals surface area (Å²) in [4.78, 5) is 18.2. The number of aromatic nitrogens is 3. The van der Waals surface area contributed by atoms with Crippen molar-refractivity contribution in [3.63, 3.8) is 0 Å². The lowest BCUT2D eigenvalue weighted by atomic mass is 10.2. The molecule has 0 amide bonds. The summed E-state index contributed by atoms with van der Waals surface area (Å²) in [6.45, 7) is 4.03. The topological polar surface area (TPSA) is 39.8 Å². The molecule has 0 aliphatic heterocycles. The van der Waals surface area contributed by atoms with Crippen LogP contribution in [-0.2, 0) is 0 Å². The van der Waals surface area contributed by atoms with Crippen molar-refractivity contribution < 1.29 is 0 Å². The molecule has 0 atom stereocenters. The van der Waals surface area contributed by atoms with Crippen molar-refractivity contribution in [1.82, 2.24) is 14.1 Å². The summed E-state index contributed by atoms with van der Waals surface area (Å²) in [5.74, 6) is 0. The zero-order valence-corrected chi connectivity index (χ0v) is 17.5. The molecule has 27 heavy (non-hydrogen) atoms. The van der Waals surface area contributed by atoms with E-state index < -0.39 is 0 Å². The lowest BCUT2D eigenvalue weighted by Crippen LogP contribution is -2.22. The number of thiazole rings is 1. The third kappa shape index (κ3) is 2.96. The van der Waals surface area contributed by atoms with Gasteiger partial charge in [0.25, 0.3) is 5.56 Å². The number of aryl methyl sites for hydroxylation is 2. The molecular formula is C20H17N3OS3. The Morgan fingerprint density at radius 1 is 0.963 bits per heavy atom. The molecule has 0 saturated carbocycles. The van der Waals surface area contributed by atoms with Crippen LogP contribution in [0.1, 0.15) is 11.1 Å². The van der Waals surface area contributed by atoms with Crippen LogP contribution in [0.25, 0.3) is 21.7 Å². The molecule has 4 rings (SSSR count). The van der Waals surface area contributed by atoms with Crippen molar-refractivity contribution >= 4 is 45.7 Å². The Kier molecular flexibility index (Phi) is 4.75. The molecule has 0 radical (unpaired) electrons. The van der Waals surface area contributed by atoms with Crippen LogP contribution in [0.2, 0.25) is 0 Å². The Balaban J connectivity index is 2.12. The van der Waals surface area contributed by atoms with Gasteiger partial charge in [-0.15, -0.1) is 0 Å². The van der Waals surface area contributed by atoms with Gasteiger partial charge < -0.3 is 0 Å². The van der Waals surface area contributed by atoms with Crippen LogP contribution >= 0.6 is 35.3 Å². The van der Waals surface area contributed by atoms with E-state index in [1.54, 1.807) is 4.57 Å². The second kappa shape index (κ2) is 7.07. The van der Waals surface area contributed by atoms with E-state index in [0.29, 0.717) is 19.5 Å². The van der Waals surface area contributed by atoms with Gasteiger partial charge in [-0.1, -0.05) is 59.5 Å². The molecule has 0 aliphatic carbocycles. The molecule has 4 aromatic rings. The Morgan fingerprint density at radius 2 is 1.52 bits per heavy atom. The van der Waals surface area contributed by atoms with E-state index >= 15 is 0 Å². The molecule has 0 bridgehead atoms. The number of benzene rings is 2. The lowest BCUT2D eigenvalue weighted by Gasteiger charge is -2.14. The molecule has 0 unspecified atom stereocenters. The van der Waals surface area contributed by atoms with Crippen molar-refractivity contribution in [1.29, 1.82) is 0 Å². The summed E-state index contributed by atoms with van der Waals surface area (Å²) >= 11 is 8.38. The molecular weight excluding hydrogens is 394 g/mol. The summed E-state index contributed by atoms with van der Waals surface area (Å²) in [6.07, 6.45) is 1.93. The van der Waals surface area contributed by atoms with Gasteiger partial charge >= 0.3 is 0 Å². The molecule has 0 aliphatic rings. The fraction of sp³-hybridized carbons (Fsp3) is 0.150. The number of hydrogen-bond acceptors (Lipinski definition) is 5. The first kappa shape index (κ1) is 18.2. The summed E-state index contributed by atoms with van der Waals surface area (Å²) in [7, 11) is 0. The molecule has 0 N–H and O–H groups in total. The third-order valence-corrected chi connectivity index (χ3v) is 6.46. The molecule has 4 nitrogen and oxygen atoms in total. The van der Waals surface area contributed by atoms with E-state index in [1.807, 2.05) is 73.2 Å². The van der Waals surface area contributed by atoms with Gasteiger partial charge in [0.1, 0.15) is 4.70 Å². The largest absolute Gasteiger partial charge is 0.278 e. The number of hydrogen-bond donors (Lipinski definition) is 0. The second-order valence-corrected chi connectivity index (χ2v) is 8.59. The first-order chi connectivity index (χ1) is 13.0. The van der Waals surface area contributed by atoms with Gasteiger partial charge in [0.15, 0.2) is 14.8 Å². The summed E-state index contributed by atoms with van der Waals surface area (Å²) < 4.78 is 4.80.